The lowest BCUT2D eigenvalue weighted by molar-refractivity contribution is 0.219. The smallest absolute Gasteiger partial charge is 0.371 e. The molecule has 86 heavy (non-hydrogen) atoms. The summed E-state index contributed by atoms with van der Waals surface area (Å²) in [6, 6.07) is 28.8. The van der Waals surface area contributed by atoms with Gasteiger partial charge in [-0.05, 0) is 157 Å². The van der Waals surface area contributed by atoms with Crippen molar-refractivity contribution in [2.45, 2.75) is 165 Å². The molecule has 0 spiro atoms. The topological polar surface area (TPSA) is 125 Å². The Morgan fingerprint density at radius 2 is 0.802 bits per heavy atom. The summed E-state index contributed by atoms with van der Waals surface area (Å²) in [5, 5.41) is 0.427. The van der Waals surface area contributed by atoms with Crippen molar-refractivity contribution in [3.8, 4) is 84.6 Å². The van der Waals surface area contributed by atoms with E-state index in [2.05, 4.69) is 93.3 Å². The minimum absolute atomic E-state index is 0.0107. The Balaban J connectivity index is 1.30. The number of hydrogen-bond donors (Lipinski definition) is 0. The summed E-state index contributed by atoms with van der Waals surface area (Å²) in [6.07, 6.45) is 16.8. The van der Waals surface area contributed by atoms with Gasteiger partial charge in [-0.25, -0.2) is 0 Å². The van der Waals surface area contributed by atoms with E-state index in [1.165, 1.54) is 43.4 Å². The predicted molar refractivity (Wildman–Crippen MR) is 368 cm³/mol. The third-order valence-electron chi connectivity index (χ3n) is 14.0. The Bertz CT molecular complexity index is 3380. The van der Waals surface area contributed by atoms with E-state index in [0.717, 1.165) is 142 Å². The molecule has 2 aromatic carbocycles. The van der Waals surface area contributed by atoms with E-state index in [9.17, 15) is 9.13 Å². The fourth-order valence-corrected chi connectivity index (χ4v) is 20.8. The van der Waals surface area contributed by atoms with Gasteiger partial charge in [0, 0.05) is 62.1 Å². The number of rotatable bonds is 40. The molecule has 0 bridgehead atoms. The van der Waals surface area contributed by atoms with Crippen LogP contribution in [0.15, 0.2) is 84.9 Å². The highest BCUT2D eigenvalue weighted by molar-refractivity contribution is 7.69. The fraction of sp³-hybridized carbons (Fsp3) is 0.493. The van der Waals surface area contributed by atoms with Gasteiger partial charge in [0.05, 0.1) is 69.2 Å². The second-order valence-corrected chi connectivity index (χ2v) is 32.3. The lowest BCUT2D eigenvalue weighted by Gasteiger charge is -2.24. The van der Waals surface area contributed by atoms with Crippen LogP contribution in [-0.2, 0) is 47.0 Å². The summed E-state index contributed by atoms with van der Waals surface area (Å²) in [7, 11) is -11.1. The highest BCUT2D eigenvalue weighted by Crippen LogP contribution is 2.57. The van der Waals surface area contributed by atoms with Crippen LogP contribution in [0.4, 0.5) is 0 Å². The molecule has 0 N–H and O–H groups in total. The van der Waals surface area contributed by atoms with Crippen molar-refractivity contribution >= 4 is 89.4 Å². The normalized spacial score (nSPS) is 12.1. The number of unbranched alkanes of at least 4 members (excludes halogenated alkanes) is 12. The Morgan fingerprint density at radius 1 is 0.384 bits per heavy atom. The van der Waals surface area contributed by atoms with E-state index < -0.39 is 22.8 Å². The maximum Gasteiger partial charge on any atom is 0.371 e. The van der Waals surface area contributed by atoms with Gasteiger partial charge in [0.25, 0.3) is 0 Å². The third kappa shape index (κ3) is 19.3. The fourth-order valence-electron chi connectivity index (χ4n) is 9.92. The van der Waals surface area contributed by atoms with Crippen LogP contribution >= 0.6 is 79.5 Å². The van der Waals surface area contributed by atoms with Crippen molar-refractivity contribution in [1.29, 1.82) is 0 Å². The van der Waals surface area contributed by atoms with Crippen LogP contribution in [0.2, 0.25) is 0 Å². The quantitative estimate of drug-likeness (QED) is 0.0207. The maximum atomic E-state index is 15.4. The molecule has 0 unspecified atom stereocenters. The van der Waals surface area contributed by atoms with Gasteiger partial charge in [0.15, 0.2) is 0 Å². The van der Waals surface area contributed by atoms with E-state index in [-0.39, 0.29) is 45.8 Å². The van der Waals surface area contributed by atoms with Gasteiger partial charge in [0.1, 0.15) is 16.1 Å². The van der Waals surface area contributed by atoms with Crippen LogP contribution < -0.4 is 19.4 Å². The first-order valence-electron chi connectivity index (χ1n) is 31.1. The Labute approximate surface area is 533 Å². The first-order chi connectivity index (χ1) is 41.8. The second kappa shape index (κ2) is 35.8. The molecule has 7 rings (SSSR count). The molecule has 468 valence electrons. The molecule has 5 heterocycles. The van der Waals surface area contributed by atoms with Crippen molar-refractivity contribution in [2.75, 3.05) is 52.9 Å². The van der Waals surface area contributed by atoms with Gasteiger partial charge in [-0.3, -0.25) is 13.7 Å². The molecular weight excluding hydrogens is 1230 g/mol. The maximum absolute atomic E-state index is 15.4. The number of thiophene rings is 5. The molecular formula is C67H89O11P3S5. The van der Waals surface area contributed by atoms with Gasteiger partial charge in [-0.1, -0.05) is 103 Å². The van der Waals surface area contributed by atoms with Crippen molar-refractivity contribution in [3.63, 3.8) is 0 Å². The molecule has 19 heteroatoms. The molecule has 0 radical (unpaired) electrons. The molecule has 0 amide bonds. The Kier molecular flexibility index (Phi) is 29.2. The van der Waals surface area contributed by atoms with Crippen LogP contribution in [0, 0.1) is 11.8 Å². The molecule has 0 fully saturated rings. The van der Waals surface area contributed by atoms with Crippen molar-refractivity contribution in [1.82, 2.24) is 0 Å². The SMILES string of the molecule is CCCCCCCCC#Cc1ccc(-c2ccc(-c3cc(P(=O)(OCC)OCC)c(-c4ccc(-c5ccc(-c6cc(OCCCCCC)c(-c7ccc(P(=O)(OCC)OCC)s7)cc6OCCCCCC)s5)s4)cc3CP(=O)(OCC)OCC)s2)s1. The van der Waals surface area contributed by atoms with Crippen LogP contribution in [0.25, 0.3) is 61.3 Å². The highest BCUT2D eigenvalue weighted by atomic mass is 32.1. The number of hydrogen-bond acceptors (Lipinski definition) is 16. The minimum Gasteiger partial charge on any atom is -0.493 e. The summed E-state index contributed by atoms with van der Waals surface area (Å²) in [6.45, 7) is 19.9. The zero-order valence-electron chi connectivity index (χ0n) is 51.9. The van der Waals surface area contributed by atoms with E-state index in [4.69, 9.17) is 36.6 Å². The molecule has 11 nitrogen and oxygen atoms in total. The average molecular weight is 1320 g/mol. The first-order valence-corrected chi connectivity index (χ1v) is 40.0. The van der Waals surface area contributed by atoms with Crippen LogP contribution in [0.1, 0.15) is 169 Å². The van der Waals surface area contributed by atoms with E-state index in [1.807, 2.05) is 65.8 Å². The molecule has 0 aliphatic carbocycles. The molecule has 7 aromatic rings. The van der Waals surface area contributed by atoms with Gasteiger partial charge < -0.3 is 36.6 Å². The van der Waals surface area contributed by atoms with Gasteiger partial charge in [-0.2, -0.15) is 0 Å². The summed E-state index contributed by atoms with van der Waals surface area (Å²) in [5.41, 5.74) is 3.92. The monoisotopic (exact) mass is 1320 g/mol. The molecule has 0 aliphatic rings. The molecule has 0 saturated carbocycles. The predicted octanol–water partition coefficient (Wildman–Crippen LogP) is 22.6. The largest absolute Gasteiger partial charge is 0.493 e. The highest BCUT2D eigenvalue weighted by Gasteiger charge is 2.35. The summed E-state index contributed by atoms with van der Waals surface area (Å²) in [5.74, 6) is 8.26. The van der Waals surface area contributed by atoms with Gasteiger partial charge >= 0.3 is 22.8 Å². The zero-order chi connectivity index (χ0) is 61.4. The summed E-state index contributed by atoms with van der Waals surface area (Å²) >= 11 is 7.92. The zero-order valence-corrected chi connectivity index (χ0v) is 58.7. The Morgan fingerprint density at radius 3 is 1.33 bits per heavy atom. The van der Waals surface area contributed by atoms with Crippen LogP contribution in [0.3, 0.4) is 0 Å². The van der Waals surface area contributed by atoms with E-state index >= 15 is 4.57 Å². The van der Waals surface area contributed by atoms with Gasteiger partial charge in [0.2, 0.25) is 0 Å². The molecule has 5 aromatic heterocycles. The molecule has 0 atom stereocenters. The minimum atomic E-state index is -3.95. The van der Waals surface area contributed by atoms with E-state index in [1.54, 1.807) is 45.3 Å². The molecule has 0 aliphatic heterocycles. The average Bonchev–Trinajstić information content (AvgIpc) is 4.08. The van der Waals surface area contributed by atoms with Gasteiger partial charge in [-0.15, -0.1) is 56.7 Å². The lowest BCUT2D eigenvalue weighted by Crippen LogP contribution is -2.15. The van der Waals surface area contributed by atoms with Crippen molar-refractivity contribution in [3.05, 3.63) is 95.4 Å². The van der Waals surface area contributed by atoms with Crippen molar-refractivity contribution < 1.29 is 50.3 Å². The second-order valence-electron chi connectivity index (χ2n) is 20.6. The number of benzene rings is 2. The Hall–Kier alpha value is -3.45. The number of ether oxygens (including phenoxy) is 2. The summed E-state index contributed by atoms with van der Waals surface area (Å²) < 4.78 is 93.9. The summed E-state index contributed by atoms with van der Waals surface area (Å²) in [4.78, 5) is 8.85. The first kappa shape index (κ1) is 70.0. The standard InChI is InChI=1S/C67H89O11P3S5/c1-10-19-22-25-26-27-28-29-32-51-33-34-63(82-51)64-38-35-59(83-64)52-48-58(80(69,75-15-6)76-16-7)55(45-50(52)49-79(68,73-13-4)74-14-5)62-37-40-66(85-62)65-39-36-60(84-65)53-46-57(72-44-31-24-21-12-3)54(47-56(53)71-43-30-23-20-11-2)61-41-42-67(86-61)81(70,77-17-8)78-18-9/h33-42,45-48H,10-28,30-31,43-44,49H2,1-9H3. The van der Waals surface area contributed by atoms with Crippen LogP contribution in [-0.4, -0.2) is 52.9 Å². The van der Waals surface area contributed by atoms with Crippen molar-refractivity contribution in [2.24, 2.45) is 0 Å². The lowest BCUT2D eigenvalue weighted by atomic mass is 10.0. The van der Waals surface area contributed by atoms with Crippen LogP contribution in [0.5, 0.6) is 11.5 Å². The molecule has 0 saturated heterocycles. The van der Waals surface area contributed by atoms with E-state index in [0.29, 0.717) is 28.7 Å². The third-order valence-corrected chi connectivity index (χ3v) is 26.7.